The minimum atomic E-state index is -0.787. The summed E-state index contributed by atoms with van der Waals surface area (Å²) < 4.78 is 14.2. The van der Waals surface area contributed by atoms with Crippen molar-refractivity contribution in [3.8, 4) is 0 Å². The molecule has 3 aromatic rings. The fourth-order valence-electron chi connectivity index (χ4n) is 3.15. The first kappa shape index (κ1) is 26.0. The summed E-state index contributed by atoms with van der Waals surface area (Å²) in [5.41, 5.74) is -0.817. The van der Waals surface area contributed by atoms with Crippen LogP contribution in [0.4, 0.5) is 20.9 Å². The number of hydrogen-bond donors (Lipinski definition) is 0. The summed E-state index contributed by atoms with van der Waals surface area (Å²) in [4.78, 5) is 42.1. The summed E-state index contributed by atoms with van der Waals surface area (Å²) in [6.45, 7) is 6.11. The lowest BCUT2D eigenvalue weighted by atomic mass is 10.1. The molecule has 2 aromatic carbocycles. The first-order valence-corrected chi connectivity index (χ1v) is 10.6. The van der Waals surface area contributed by atoms with E-state index < -0.39 is 32.9 Å². The van der Waals surface area contributed by atoms with Crippen LogP contribution in [0.3, 0.4) is 0 Å². The number of aromatic nitrogens is 1. The molecular weight excluding hydrogens is 477 g/mol. The minimum Gasteiger partial charge on any atom is -0.302 e. The number of amides is 1. The second-order valence-corrected chi connectivity index (χ2v) is 7.85. The SMILES string of the molecule is CCN(CC)CCN(C(=O)c1cc([N+](=O)[O-])cc([N+](=O)[O-])c1)c1nc2ccc(F)cc2s1.Cl. The lowest BCUT2D eigenvalue weighted by Crippen LogP contribution is -2.38. The summed E-state index contributed by atoms with van der Waals surface area (Å²) in [5, 5.41) is 22.8. The van der Waals surface area contributed by atoms with E-state index in [1.54, 1.807) is 0 Å². The van der Waals surface area contributed by atoms with Gasteiger partial charge in [-0.3, -0.25) is 29.9 Å². The minimum absolute atomic E-state index is 0. The highest BCUT2D eigenvalue weighted by Crippen LogP contribution is 2.31. The van der Waals surface area contributed by atoms with Crippen molar-refractivity contribution in [2.75, 3.05) is 31.1 Å². The Hall–Kier alpha value is -3.22. The van der Waals surface area contributed by atoms with Crippen molar-refractivity contribution in [1.29, 1.82) is 0 Å². The quantitative estimate of drug-likeness (QED) is 0.311. The summed E-state index contributed by atoms with van der Waals surface area (Å²) in [6.07, 6.45) is 0. The van der Waals surface area contributed by atoms with Gasteiger partial charge in [0.2, 0.25) is 0 Å². The van der Waals surface area contributed by atoms with Crippen LogP contribution in [0.15, 0.2) is 36.4 Å². The number of hydrogen-bond acceptors (Lipinski definition) is 8. The number of carbonyl (C=O) groups is 1. The van der Waals surface area contributed by atoms with Gasteiger partial charge in [-0.25, -0.2) is 9.37 Å². The smallest absolute Gasteiger partial charge is 0.277 e. The lowest BCUT2D eigenvalue weighted by molar-refractivity contribution is -0.394. The maximum Gasteiger partial charge on any atom is 0.277 e. The van der Waals surface area contributed by atoms with Crippen LogP contribution < -0.4 is 4.90 Å². The van der Waals surface area contributed by atoms with E-state index in [2.05, 4.69) is 9.88 Å². The Balaban J connectivity index is 0.00000385. The standard InChI is InChI=1S/C20H20FN5O5S.ClH/c1-3-23(4-2)7-8-24(20-22-17-6-5-14(21)11-18(17)32-20)19(27)13-9-15(25(28)29)12-16(10-13)26(30)31;/h5-6,9-12H,3-4,7-8H2,1-2H3;1H. The Morgan fingerprint density at radius 2 is 1.64 bits per heavy atom. The Morgan fingerprint density at radius 1 is 1.03 bits per heavy atom. The van der Waals surface area contributed by atoms with Gasteiger partial charge in [0.25, 0.3) is 17.3 Å². The van der Waals surface area contributed by atoms with Gasteiger partial charge in [0, 0.05) is 25.2 Å². The molecule has 1 amide bonds. The molecule has 0 radical (unpaired) electrons. The van der Waals surface area contributed by atoms with Crippen molar-refractivity contribution in [3.05, 3.63) is 68.0 Å². The summed E-state index contributed by atoms with van der Waals surface area (Å²) in [6, 6.07) is 6.88. The van der Waals surface area contributed by atoms with Crippen molar-refractivity contribution < 1.29 is 19.0 Å². The highest BCUT2D eigenvalue weighted by atomic mass is 35.5. The zero-order valence-corrected chi connectivity index (χ0v) is 19.4. The predicted octanol–water partition coefficient (Wildman–Crippen LogP) is 4.66. The third kappa shape index (κ3) is 5.97. The molecular formula is C20H21ClFN5O5S. The first-order valence-electron chi connectivity index (χ1n) is 9.77. The van der Waals surface area contributed by atoms with Crippen LogP contribution >= 0.6 is 23.7 Å². The number of nitro groups is 2. The average Bonchev–Trinajstić information content (AvgIpc) is 3.18. The first-order chi connectivity index (χ1) is 15.2. The molecule has 33 heavy (non-hydrogen) atoms. The van der Waals surface area contributed by atoms with Crippen LogP contribution in [0.25, 0.3) is 10.2 Å². The van der Waals surface area contributed by atoms with Crippen molar-refractivity contribution in [2.45, 2.75) is 13.8 Å². The molecule has 0 bridgehead atoms. The average molecular weight is 498 g/mol. The monoisotopic (exact) mass is 497 g/mol. The van der Waals surface area contributed by atoms with Crippen LogP contribution in [0.2, 0.25) is 0 Å². The molecule has 1 aromatic heterocycles. The maximum atomic E-state index is 13.6. The van der Waals surface area contributed by atoms with E-state index in [0.717, 1.165) is 42.6 Å². The highest BCUT2D eigenvalue weighted by Gasteiger charge is 2.26. The molecule has 1 heterocycles. The molecule has 0 atom stereocenters. The molecule has 0 aliphatic heterocycles. The molecule has 0 aliphatic rings. The topological polar surface area (TPSA) is 123 Å². The highest BCUT2D eigenvalue weighted by molar-refractivity contribution is 7.22. The molecule has 176 valence electrons. The Bertz CT molecular complexity index is 1150. The van der Waals surface area contributed by atoms with E-state index >= 15 is 0 Å². The number of anilines is 1. The zero-order valence-electron chi connectivity index (χ0n) is 17.8. The van der Waals surface area contributed by atoms with Gasteiger partial charge in [-0.15, -0.1) is 12.4 Å². The number of nitrogens with zero attached hydrogens (tertiary/aromatic N) is 5. The largest absolute Gasteiger partial charge is 0.302 e. The molecule has 0 unspecified atom stereocenters. The number of non-ortho nitro benzene ring substituents is 2. The van der Waals surface area contributed by atoms with Crippen LogP contribution in [0, 0.1) is 26.0 Å². The van der Waals surface area contributed by atoms with Crippen LogP contribution in [-0.4, -0.2) is 51.8 Å². The van der Waals surface area contributed by atoms with Gasteiger partial charge in [0.1, 0.15) is 5.82 Å². The van der Waals surface area contributed by atoms with Crippen molar-refractivity contribution in [1.82, 2.24) is 9.88 Å². The third-order valence-corrected chi connectivity index (χ3v) is 5.96. The Labute approximate surface area is 198 Å². The molecule has 0 fully saturated rings. The van der Waals surface area contributed by atoms with Gasteiger partial charge in [-0.1, -0.05) is 25.2 Å². The van der Waals surface area contributed by atoms with Crippen LogP contribution in [0.1, 0.15) is 24.2 Å². The van der Waals surface area contributed by atoms with Crippen molar-refractivity contribution in [3.63, 3.8) is 0 Å². The predicted molar refractivity (Wildman–Crippen MR) is 126 cm³/mol. The Kier molecular flexibility index (Phi) is 8.74. The van der Waals surface area contributed by atoms with E-state index in [9.17, 15) is 29.4 Å². The zero-order chi connectivity index (χ0) is 23.4. The van der Waals surface area contributed by atoms with E-state index in [1.165, 1.54) is 23.1 Å². The molecule has 0 spiro atoms. The Morgan fingerprint density at radius 3 is 2.18 bits per heavy atom. The van der Waals surface area contributed by atoms with Crippen LogP contribution in [-0.2, 0) is 0 Å². The van der Waals surface area contributed by atoms with E-state index in [1.807, 2.05) is 13.8 Å². The fourth-order valence-corrected chi connectivity index (χ4v) is 4.17. The lowest BCUT2D eigenvalue weighted by Gasteiger charge is -2.24. The molecule has 0 N–H and O–H groups in total. The third-order valence-electron chi connectivity index (χ3n) is 4.92. The number of halogens is 2. The van der Waals surface area contributed by atoms with Gasteiger partial charge in [-0.2, -0.15) is 0 Å². The molecule has 0 aliphatic carbocycles. The summed E-state index contributed by atoms with van der Waals surface area (Å²) >= 11 is 1.10. The number of thiazole rings is 1. The maximum absolute atomic E-state index is 13.6. The molecule has 0 saturated heterocycles. The van der Waals surface area contributed by atoms with E-state index in [4.69, 9.17) is 0 Å². The summed E-state index contributed by atoms with van der Waals surface area (Å²) in [7, 11) is 0. The van der Waals surface area contributed by atoms with Crippen molar-refractivity contribution >= 4 is 56.4 Å². The second kappa shape index (κ2) is 11.1. The number of fused-ring (bicyclic) bond motifs is 1. The second-order valence-electron chi connectivity index (χ2n) is 6.84. The molecule has 3 rings (SSSR count). The number of likely N-dealkylation sites (N-methyl/N-ethyl adjacent to an activating group) is 1. The van der Waals surface area contributed by atoms with Crippen LogP contribution in [0.5, 0.6) is 0 Å². The number of carbonyl (C=O) groups excluding carboxylic acids is 1. The van der Waals surface area contributed by atoms with Gasteiger partial charge in [-0.05, 0) is 31.3 Å². The van der Waals surface area contributed by atoms with Gasteiger partial charge in [0.15, 0.2) is 5.13 Å². The number of rotatable bonds is 9. The van der Waals surface area contributed by atoms with Crippen molar-refractivity contribution in [2.24, 2.45) is 0 Å². The molecule has 13 heteroatoms. The molecule has 0 saturated carbocycles. The van der Waals surface area contributed by atoms with E-state index in [-0.39, 0.29) is 29.6 Å². The normalized spacial score (nSPS) is 10.8. The van der Waals surface area contributed by atoms with E-state index in [0.29, 0.717) is 16.8 Å². The summed E-state index contributed by atoms with van der Waals surface area (Å²) in [5.74, 6) is -1.11. The fraction of sp³-hybridized carbons (Fsp3) is 0.300. The van der Waals surface area contributed by atoms with Gasteiger partial charge >= 0.3 is 0 Å². The number of nitro benzene ring substituents is 2. The van der Waals surface area contributed by atoms with Gasteiger partial charge < -0.3 is 4.90 Å². The number of benzene rings is 2. The van der Waals surface area contributed by atoms with Gasteiger partial charge in [0.05, 0.1) is 31.7 Å². The molecule has 10 nitrogen and oxygen atoms in total.